The minimum absolute atomic E-state index is 0.0467. The third-order valence-electron chi connectivity index (χ3n) is 3.14. The van der Waals surface area contributed by atoms with Gasteiger partial charge in [0.1, 0.15) is 5.82 Å². The molecule has 0 spiro atoms. The van der Waals surface area contributed by atoms with Crippen molar-refractivity contribution in [1.82, 2.24) is 20.2 Å². The van der Waals surface area contributed by atoms with E-state index in [9.17, 15) is 9.59 Å². The van der Waals surface area contributed by atoms with Crippen LogP contribution in [0.1, 0.15) is 18.7 Å². The summed E-state index contributed by atoms with van der Waals surface area (Å²) in [4.78, 5) is 26.4. The van der Waals surface area contributed by atoms with Crippen LogP contribution in [0, 0.1) is 0 Å². The monoisotopic (exact) mass is 290 g/mol. The number of amides is 2. The number of aromatic nitrogens is 2. The van der Waals surface area contributed by atoms with Gasteiger partial charge in [-0.25, -0.2) is 9.78 Å². The number of urea groups is 1. The minimum Gasteiger partial charge on any atom is -0.481 e. The Labute approximate surface area is 122 Å². The van der Waals surface area contributed by atoms with Crippen molar-refractivity contribution in [1.29, 1.82) is 0 Å². The van der Waals surface area contributed by atoms with Crippen molar-refractivity contribution < 1.29 is 14.7 Å². The molecule has 112 valence electrons. The van der Waals surface area contributed by atoms with Gasteiger partial charge in [-0.3, -0.25) is 4.79 Å². The summed E-state index contributed by atoms with van der Waals surface area (Å²) in [6, 6.07) is 7.42. The maximum Gasteiger partial charge on any atom is 0.315 e. The molecule has 2 rings (SSSR count). The Balaban J connectivity index is 1.83. The van der Waals surface area contributed by atoms with E-state index in [4.69, 9.17) is 5.11 Å². The van der Waals surface area contributed by atoms with Crippen molar-refractivity contribution in [3.05, 3.63) is 30.1 Å². The van der Waals surface area contributed by atoms with Crippen molar-refractivity contribution >= 4 is 23.0 Å². The zero-order valence-electron chi connectivity index (χ0n) is 11.8. The van der Waals surface area contributed by atoms with E-state index in [-0.39, 0.29) is 12.5 Å². The predicted octanol–water partition coefficient (Wildman–Crippen LogP) is 1.24. The molecule has 0 unspecified atom stereocenters. The van der Waals surface area contributed by atoms with Crippen LogP contribution in [0.15, 0.2) is 24.3 Å². The molecule has 2 amide bonds. The number of carboxylic acids is 1. The van der Waals surface area contributed by atoms with Gasteiger partial charge < -0.3 is 20.3 Å². The lowest BCUT2D eigenvalue weighted by molar-refractivity contribution is -0.137. The summed E-state index contributed by atoms with van der Waals surface area (Å²) in [6.07, 6.45) is 0.458. The standard InChI is InChI=1S/C14H18N4O3/c1-18-11-6-3-2-5-10(11)17-12(18)9-16-14(21)15-8-4-7-13(19)20/h2-3,5-6H,4,7-9H2,1H3,(H,19,20)(H2,15,16,21). The van der Waals surface area contributed by atoms with E-state index >= 15 is 0 Å². The third-order valence-corrected chi connectivity index (χ3v) is 3.14. The first kappa shape index (κ1) is 14.8. The maximum atomic E-state index is 11.6. The molecule has 0 saturated heterocycles. The number of rotatable bonds is 6. The first-order valence-electron chi connectivity index (χ1n) is 6.72. The average Bonchev–Trinajstić information content (AvgIpc) is 2.78. The molecular weight excluding hydrogens is 272 g/mol. The molecule has 1 aromatic carbocycles. The van der Waals surface area contributed by atoms with Gasteiger partial charge in [-0.05, 0) is 18.6 Å². The first-order chi connectivity index (χ1) is 10.1. The van der Waals surface area contributed by atoms with Crippen LogP contribution < -0.4 is 10.6 Å². The number of nitrogens with zero attached hydrogens (tertiary/aromatic N) is 2. The molecule has 0 aliphatic heterocycles. The smallest absolute Gasteiger partial charge is 0.315 e. The number of nitrogens with one attached hydrogen (secondary N) is 2. The molecule has 7 heteroatoms. The third kappa shape index (κ3) is 3.95. The molecule has 0 aliphatic rings. The van der Waals surface area contributed by atoms with E-state index in [1.807, 2.05) is 35.9 Å². The lowest BCUT2D eigenvalue weighted by Crippen LogP contribution is -2.36. The molecule has 21 heavy (non-hydrogen) atoms. The normalized spacial score (nSPS) is 10.5. The highest BCUT2D eigenvalue weighted by atomic mass is 16.4. The van der Waals surface area contributed by atoms with Crippen molar-refractivity contribution in [2.75, 3.05) is 6.54 Å². The second-order valence-electron chi connectivity index (χ2n) is 4.68. The van der Waals surface area contributed by atoms with Crippen LogP contribution in [0.3, 0.4) is 0 Å². The van der Waals surface area contributed by atoms with Crippen LogP contribution in [0.4, 0.5) is 4.79 Å². The van der Waals surface area contributed by atoms with Crippen LogP contribution in [-0.2, 0) is 18.4 Å². The quantitative estimate of drug-likeness (QED) is 0.697. The molecule has 2 aromatic rings. The Kier molecular flexibility index (Phi) is 4.76. The second kappa shape index (κ2) is 6.74. The van der Waals surface area contributed by atoms with Gasteiger partial charge in [0, 0.05) is 20.0 Å². The lowest BCUT2D eigenvalue weighted by Gasteiger charge is -2.07. The molecule has 0 bridgehead atoms. The number of hydrogen-bond acceptors (Lipinski definition) is 3. The highest BCUT2D eigenvalue weighted by Crippen LogP contribution is 2.13. The largest absolute Gasteiger partial charge is 0.481 e. The summed E-state index contributed by atoms with van der Waals surface area (Å²) in [6.45, 7) is 0.649. The van der Waals surface area contributed by atoms with E-state index in [1.165, 1.54) is 0 Å². The molecule has 0 aliphatic carbocycles. The molecule has 3 N–H and O–H groups in total. The number of para-hydroxylation sites is 2. The average molecular weight is 290 g/mol. The Morgan fingerprint density at radius 3 is 2.76 bits per heavy atom. The summed E-state index contributed by atoms with van der Waals surface area (Å²) in [7, 11) is 1.90. The summed E-state index contributed by atoms with van der Waals surface area (Å²) >= 11 is 0. The van der Waals surface area contributed by atoms with E-state index in [0.717, 1.165) is 16.9 Å². The van der Waals surface area contributed by atoms with E-state index in [2.05, 4.69) is 15.6 Å². The van der Waals surface area contributed by atoms with Gasteiger partial charge in [-0.2, -0.15) is 0 Å². The van der Waals surface area contributed by atoms with Crippen molar-refractivity contribution in [3.8, 4) is 0 Å². The SMILES string of the molecule is Cn1c(CNC(=O)NCCCC(=O)O)nc2ccccc21. The van der Waals surface area contributed by atoms with Gasteiger partial charge in [0.15, 0.2) is 0 Å². The minimum atomic E-state index is -0.864. The predicted molar refractivity (Wildman–Crippen MR) is 77.8 cm³/mol. The van der Waals surface area contributed by atoms with Gasteiger partial charge in [-0.1, -0.05) is 12.1 Å². The Hall–Kier alpha value is -2.57. The fourth-order valence-corrected chi connectivity index (χ4v) is 2.02. The number of fused-ring (bicyclic) bond motifs is 1. The van der Waals surface area contributed by atoms with Crippen LogP contribution in [0.5, 0.6) is 0 Å². The topological polar surface area (TPSA) is 96.2 Å². The van der Waals surface area contributed by atoms with Crippen LogP contribution in [0.2, 0.25) is 0 Å². The zero-order valence-corrected chi connectivity index (χ0v) is 11.8. The van der Waals surface area contributed by atoms with E-state index in [0.29, 0.717) is 19.5 Å². The molecule has 0 atom stereocenters. The van der Waals surface area contributed by atoms with E-state index in [1.54, 1.807) is 0 Å². The molecule has 1 aromatic heterocycles. The Bertz CT molecular complexity index is 651. The van der Waals surface area contributed by atoms with Gasteiger partial charge in [0.05, 0.1) is 17.6 Å². The van der Waals surface area contributed by atoms with Crippen LogP contribution in [-0.4, -0.2) is 33.2 Å². The molecule has 0 fully saturated rings. The Morgan fingerprint density at radius 1 is 1.29 bits per heavy atom. The van der Waals surface area contributed by atoms with E-state index < -0.39 is 5.97 Å². The number of imidazole rings is 1. The van der Waals surface area contributed by atoms with Gasteiger partial charge in [0.2, 0.25) is 0 Å². The zero-order chi connectivity index (χ0) is 15.2. The van der Waals surface area contributed by atoms with Gasteiger partial charge in [-0.15, -0.1) is 0 Å². The number of aliphatic carboxylic acids is 1. The summed E-state index contributed by atoms with van der Waals surface area (Å²) in [5.74, 6) is -0.103. The number of aryl methyl sites for hydroxylation is 1. The highest BCUT2D eigenvalue weighted by molar-refractivity contribution is 5.76. The number of hydrogen-bond donors (Lipinski definition) is 3. The Morgan fingerprint density at radius 2 is 2.05 bits per heavy atom. The molecule has 1 heterocycles. The summed E-state index contributed by atoms with van der Waals surface area (Å²) < 4.78 is 1.93. The van der Waals surface area contributed by atoms with Gasteiger partial charge >= 0.3 is 12.0 Å². The fourth-order valence-electron chi connectivity index (χ4n) is 2.02. The van der Waals surface area contributed by atoms with Gasteiger partial charge in [0.25, 0.3) is 0 Å². The molecule has 0 saturated carbocycles. The highest BCUT2D eigenvalue weighted by Gasteiger charge is 2.08. The van der Waals surface area contributed by atoms with Crippen molar-refractivity contribution in [2.45, 2.75) is 19.4 Å². The number of benzene rings is 1. The lowest BCUT2D eigenvalue weighted by atomic mass is 10.3. The number of carboxylic acid groups (broad SMARTS) is 1. The summed E-state index contributed by atoms with van der Waals surface area (Å²) in [5, 5.41) is 13.8. The van der Waals surface area contributed by atoms with Crippen molar-refractivity contribution in [3.63, 3.8) is 0 Å². The summed E-state index contributed by atoms with van der Waals surface area (Å²) in [5.41, 5.74) is 1.90. The number of carbonyl (C=O) groups excluding carboxylic acids is 1. The van der Waals surface area contributed by atoms with Crippen LogP contribution >= 0.6 is 0 Å². The number of carbonyl (C=O) groups is 2. The molecule has 0 radical (unpaired) electrons. The second-order valence-corrected chi connectivity index (χ2v) is 4.68. The first-order valence-corrected chi connectivity index (χ1v) is 6.72. The molecular formula is C14H18N4O3. The van der Waals surface area contributed by atoms with Crippen LogP contribution in [0.25, 0.3) is 11.0 Å². The maximum absolute atomic E-state index is 11.6. The van der Waals surface area contributed by atoms with Crippen molar-refractivity contribution in [2.24, 2.45) is 7.05 Å². The molecule has 7 nitrogen and oxygen atoms in total. The fraction of sp³-hybridized carbons (Fsp3) is 0.357.